The number of carbonyl (C=O) groups excluding carboxylic acids is 1. The standard InChI is InChI=1S/C10H11NO3.C6H12O4.2C2H2/c1-2-9(12)11-8-6-4-3-5-7(8)10(13)14;7-3-5-6(9)4(8)1-2-10-5;2*1-2/h3-6H,2H2,1H3,(H,11,12)(H,13,14);4-9H,1-3H2;2*1-2H/t;4-,5-,6-;;/m.1../s1. The van der Waals surface area contributed by atoms with Gasteiger partial charge in [-0.15, -0.1) is 25.7 Å². The van der Waals surface area contributed by atoms with Crippen LogP contribution in [0.3, 0.4) is 0 Å². The van der Waals surface area contributed by atoms with Crippen LogP contribution in [0.25, 0.3) is 0 Å². The zero-order valence-electron chi connectivity index (χ0n) is 15.7. The Hall–Kier alpha value is -2.88. The fourth-order valence-corrected chi connectivity index (χ4v) is 2.04. The average molecular weight is 393 g/mol. The third-order valence-corrected chi connectivity index (χ3v) is 3.45. The van der Waals surface area contributed by atoms with Gasteiger partial charge >= 0.3 is 5.97 Å². The Morgan fingerprint density at radius 1 is 1.18 bits per heavy atom. The van der Waals surface area contributed by atoms with Gasteiger partial charge in [0.05, 0.1) is 24.0 Å². The minimum Gasteiger partial charge on any atom is -0.478 e. The van der Waals surface area contributed by atoms with E-state index in [1.165, 1.54) is 6.07 Å². The molecule has 0 bridgehead atoms. The summed E-state index contributed by atoms with van der Waals surface area (Å²) in [6.45, 7) is 1.88. The largest absolute Gasteiger partial charge is 0.478 e. The van der Waals surface area contributed by atoms with E-state index in [4.69, 9.17) is 25.2 Å². The maximum absolute atomic E-state index is 11.1. The summed E-state index contributed by atoms with van der Waals surface area (Å²) >= 11 is 0. The van der Waals surface area contributed by atoms with Crippen LogP contribution in [0.2, 0.25) is 0 Å². The summed E-state index contributed by atoms with van der Waals surface area (Å²) in [7, 11) is 0. The third kappa shape index (κ3) is 9.72. The van der Waals surface area contributed by atoms with Crippen molar-refractivity contribution in [1.29, 1.82) is 0 Å². The fourth-order valence-electron chi connectivity index (χ4n) is 2.04. The number of anilines is 1. The molecule has 0 unspecified atom stereocenters. The number of nitrogens with one attached hydrogen (secondary N) is 1. The number of rotatable bonds is 4. The molecule has 1 heterocycles. The monoisotopic (exact) mass is 393 g/mol. The number of carbonyl (C=O) groups is 2. The molecule has 1 aromatic carbocycles. The highest BCUT2D eigenvalue weighted by Crippen LogP contribution is 2.15. The molecule has 1 aliphatic rings. The molecule has 1 amide bonds. The van der Waals surface area contributed by atoms with Crippen LogP contribution < -0.4 is 5.32 Å². The number of amides is 1. The van der Waals surface area contributed by atoms with Crippen LogP contribution in [-0.4, -0.2) is 63.8 Å². The molecule has 8 nitrogen and oxygen atoms in total. The molecule has 1 aliphatic heterocycles. The fraction of sp³-hybridized carbons (Fsp3) is 0.400. The summed E-state index contributed by atoms with van der Waals surface area (Å²) in [6.07, 6.45) is 14.5. The number of aromatic carboxylic acids is 1. The summed E-state index contributed by atoms with van der Waals surface area (Å²) in [5.74, 6) is -1.24. The van der Waals surface area contributed by atoms with E-state index in [1.54, 1.807) is 25.1 Å². The van der Waals surface area contributed by atoms with Crippen LogP contribution in [0.5, 0.6) is 0 Å². The normalized spacial score (nSPS) is 19.8. The van der Waals surface area contributed by atoms with Crippen molar-refractivity contribution in [3.8, 4) is 25.7 Å². The summed E-state index contributed by atoms with van der Waals surface area (Å²) in [5.41, 5.74) is 0.446. The summed E-state index contributed by atoms with van der Waals surface area (Å²) < 4.78 is 4.95. The average Bonchev–Trinajstić information content (AvgIpc) is 2.73. The number of hydrogen-bond donors (Lipinski definition) is 5. The molecule has 1 fully saturated rings. The van der Waals surface area contributed by atoms with Crippen LogP contribution in [0.15, 0.2) is 24.3 Å². The second-order valence-corrected chi connectivity index (χ2v) is 5.19. The van der Waals surface area contributed by atoms with Gasteiger partial charge in [-0.05, 0) is 18.6 Å². The van der Waals surface area contributed by atoms with E-state index in [0.29, 0.717) is 25.1 Å². The van der Waals surface area contributed by atoms with E-state index >= 15 is 0 Å². The Morgan fingerprint density at radius 2 is 1.75 bits per heavy atom. The molecule has 0 aromatic heterocycles. The number of para-hydroxylation sites is 1. The summed E-state index contributed by atoms with van der Waals surface area (Å²) in [4.78, 5) is 21.8. The van der Waals surface area contributed by atoms with Crippen molar-refractivity contribution in [2.24, 2.45) is 0 Å². The van der Waals surface area contributed by atoms with Gasteiger partial charge in [0.1, 0.15) is 12.2 Å². The lowest BCUT2D eigenvalue weighted by molar-refractivity contribution is -0.147. The van der Waals surface area contributed by atoms with Crippen molar-refractivity contribution in [3.05, 3.63) is 29.8 Å². The molecule has 8 heteroatoms. The quantitative estimate of drug-likeness (QED) is 0.476. The molecule has 28 heavy (non-hydrogen) atoms. The van der Waals surface area contributed by atoms with Crippen molar-refractivity contribution >= 4 is 17.6 Å². The molecule has 0 aliphatic carbocycles. The van der Waals surface area contributed by atoms with Gasteiger partial charge in [0.2, 0.25) is 5.91 Å². The molecule has 5 N–H and O–H groups in total. The first-order valence-electron chi connectivity index (χ1n) is 8.28. The van der Waals surface area contributed by atoms with Gasteiger partial charge in [-0.1, -0.05) is 19.1 Å². The Bertz CT molecular complexity index is 621. The Kier molecular flexibility index (Phi) is 15.9. The van der Waals surface area contributed by atoms with Crippen molar-refractivity contribution in [1.82, 2.24) is 0 Å². The van der Waals surface area contributed by atoms with Gasteiger partial charge in [-0.25, -0.2) is 4.79 Å². The number of carboxylic acid groups (broad SMARTS) is 1. The van der Waals surface area contributed by atoms with Crippen LogP contribution in [0.1, 0.15) is 30.1 Å². The SMILES string of the molecule is C#C.C#C.CCC(=O)Nc1ccccc1C(=O)O.OC[C@H]1OCC[C@@H](O)[C@H]1O. The van der Waals surface area contributed by atoms with E-state index in [1.807, 2.05) is 0 Å². The van der Waals surface area contributed by atoms with E-state index in [0.717, 1.165) is 0 Å². The van der Waals surface area contributed by atoms with Gasteiger partial charge in [0.25, 0.3) is 0 Å². The zero-order valence-corrected chi connectivity index (χ0v) is 15.7. The highest BCUT2D eigenvalue weighted by atomic mass is 16.5. The first-order valence-corrected chi connectivity index (χ1v) is 8.28. The van der Waals surface area contributed by atoms with E-state index in [9.17, 15) is 9.59 Å². The minimum atomic E-state index is -1.04. The van der Waals surface area contributed by atoms with Crippen LogP contribution in [0.4, 0.5) is 5.69 Å². The summed E-state index contributed by atoms with van der Waals surface area (Å²) in [5, 5.41) is 38.0. The maximum atomic E-state index is 11.1. The molecule has 1 aromatic rings. The van der Waals surface area contributed by atoms with Crippen LogP contribution >= 0.6 is 0 Å². The lowest BCUT2D eigenvalue weighted by Gasteiger charge is -2.30. The van der Waals surface area contributed by atoms with Crippen molar-refractivity contribution in [3.63, 3.8) is 0 Å². The van der Waals surface area contributed by atoms with Gasteiger partial charge in [0, 0.05) is 13.0 Å². The predicted octanol–water partition coefficient (Wildman–Crippen LogP) is 0.721. The zero-order chi connectivity index (χ0) is 22.1. The summed E-state index contributed by atoms with van der Waals surface area (Å²) in [6, 6.07) is 6.31. The minimum absolute atomic E-state index is 0.106. The van der Waals surface area contributed by atoms with Gasteiger partial charge in [-0.2, -0.15) is 0 Å². The third-order valence-electron chi connectivity index (χ3n) is 3.45. The Morgan fingerprint density at radius 3 is 2.21 bits per heavy atom. The number of hydrogen-bond acceptors (Lipinski definition) is 6. The molecule has 3 atom stereocenters. The first kappa shape index (κ1) is 27.3. The molecular formula is C20H27NO7. The molecule has 0 spiro atoms. The van der Waals surface area contributed by atoms with Crippen LogP contribution in [0, 0.1) is 25.7 Å². The van der Waals surface area contributed by atoms with E-state index < -0.39 is 24.3 Å². The van der Waals surface area contributed by atoms with E-state index in [2.05, 4.69) is 31.0 Å². The van der Waals surface area contributed by atoms with Gasteiger partial charge in [-0.3, -0.25) is 4.79 Å². The highest BCUT2D eigenvalue weighted by Gasteiger charge is 2.30. The second kappa shape index (κ2) is 16.3. The number of benzene rings is 1. The number of carboxylic acids is 1. The first-order chi connectivity index (χ1) is 13.4. The number of ether oxygens (including phenoxy) is 1. The van der Waals surface area contributed by atoms with Crippen molar-refractivity contribution in [2.75, 3.05) is 18.5 Å². The Balaban J connectivity index is 0. The maximum Gasteiger partial charge on any atom is 0.337 e. The lowest BCUT2D eigenvalue weighted by Crippen LogP contribution is -2.46. The van der Waals surface area contributed by atoms with Crippen molar-refractivity contribution in [2.45, 2.75) is 38.1 Å². The molecule has 1 saturated heterocycles. The van der Waals surface area contributed by atoms with Gasteiger partial charge < -0.3 is 30.5 Å². The second-order valence-electron chi connectivity index (χ2n) is 5.19. The highest BCUT2D eigenvalue weighted by molar-refractivity contribution is 6.00. The molecule has 2 rings (SSSR count). The van der Waals surface area contributed by atoms with E-state index in [-0.39, 0.29) is 18.1 Å². The molecule has 0 radical (unpaired) electrons. The van der Waals surface area contributed by atoms with Crippen LogP contribution in [-0.2, 0) is 9.53 Å². The Labute approximate surface area is 165 Å². The molecule has 154 valence electrons. The van der Waals surface area contributed by atoms with Gasteiger partial charge in [0.15, 0.2) is 0 Å². The molecular weight excluding hydrogens is 366 g/mol. The van der Waals surface area contributed by atoms with Crippen molar-refractivity contribution < 1.29 is 34.8 Å². The topological polar surface area (TPSA) is 136 Å². The predicted molar refractivity (Wildman–Crippen MR) is 106 cm³/mol. The number of terminal acetylenes is 2. The lowest BCUT2D eigenvalue weighted by atomic mass is 10.0. The number of aliphatic hydroxyl groups is 3. The number of aliphatic hydroxyl groups excluding tert-OH is 3. The smallest absolute Gasteiger partial charge is 0.337 e. The molecule has 0 saturated carbocycles.